The summed E-state index contributed by atoms with van der Waals surface area (Å²) in [5, 5.41) is 10.8. The second kappa shape index (κ2) is 5.01. The van der Waals surface area contributed by atoms with Crippen LogP contribution in [0.4, 0.5) is 0 Å². The normalized spacial score (nSPS) is 43.7. The summed E-state index contributed by atoms with van der Waals surface area (Å²) >= 11 is 0. The Balaban J connectivity index is 1.79. The fourth-order valence-corrected chi connectivity index (χ4v) is 5.25. The molecule has 4 rings (SSSR count). The summed E-state index contributed by atoms with van der Waals surface area (Å²) in [6.07, 6.45) is 6.93. The second-order valence-electron chi connectivity index (χ2n) is 7.91. The fraction of sp³-hybridized carbons (Fsp3) is 1.00. The van der Waals surface area contributed by atoms with Crippen LogP contribution in [0.5, 0.6) is 0 Å². The summed E-state index contributed by atoms with van der Waals surface area (Å²) in [5.41, 5.74) is 5.72. The smallest absolute Gasteiger partial charge is 0.0668 e. The molecule has 3 N–H and O–H groups in total. The number of nitrogens with zero attached hydrogens (tertiary/aromatic N) is 1. The van der Waals surface area contributed by atoms with Gasteiger partial charge >= 0.3 is 0 Å². The Kier molecular flexibility index (Phi) is 3.65. The molecule has 3 heteroatoms. The summed E-state index contributed by atoms with van der Waals surface area (Å²) in [4.78, 5) is 2.68. The number of nitrogens with two attached hydrogens (primary N) is 1. The van der Waals surface area contributed by atoms with Crippen LogP contribution in [-0.2, 0) is 0 Å². The molecule has 5 unspecified atom stereocenters. The molecule has 5 atom stereocenters. The number of rotatable bonds is 4. The predicted molar refractivity (Wildman–Crippen MR) is 77.8 cm³/mol. The van der Waals surface area contributed by atoms with Crippen LogP contribution in [0.25, 0.3) is 0 Å². The fourth-order valence-electron chi connectivity index (χ4n) is 5.25. The standard InChI is InChI=1S/C16H30N2O/c1-11(2)3-15(9-17)18-10-13-4-12-5-14(18)8-16(19,6-12)7-13/h11-15,19H,3-10,17H2,1-2H3. The molecule has 3 nitrogen and oxygen atoms in total. The van der Waals surface area contributed by atoms with E-state index in [2.05, 4.69) is 18.7 Å². The van der Waals surface area contributed by atoms with Gasteiger partial charge in [-0.15, -0.1) is 0 Å². The summed E-state index contributed by atoms with van der Waals surface area (Å²) in [5.74, 6) is 2.18. The molecule has 0 amide bonds. The van der Waals surface area contributed by atoms with Crippen LogP contribution in [-0.4, -0.2) is 40.8 Å². The van der Waals surface area contributed by atoms with Gasteiger partial charge < -0.3 is 10.8 Å². The van der Waals surface area contributed by atoms with E-state index in [1.807, 2.05) is 0 Å². The minimum absolute atomic E-state index is 0.345. The molecule has 2 heterocycles. The molecular formula is C16H30N2O. The first kappa shape index (κ1) is 13.8. The number of hydrogen-bond acceptors (Lipinski definition) is 3. The molecule has 2 aliphatic carbocycles. The minimum atomic E-state index is -0.345. The van der Waals surface area contributed by atoms with E-state index in [0.29, 0.717) is 23.9 Å². The van der Waals surface area contributed by atoms with Gasteiger partial charge in [0.25, 0.3) is 0 Å². The minimum Gasteiger partial charge on any atom is -0.390 e. The van der Waals surface area contributed by atoms with E-state index in [1.165, 1.54) is 25.8 Å². The van der Waals surface area contributed by atoms with Crippen molar-refractivity contribution in [1.82, 2.24) is 4.90 Å². The van der Waals surface area contributed by atoms with Gasteiger partial charge in [-0.3, -0.25) is 4.90 Å². The maximum Gasteiger partial charge on any atom is 0.0668 e. The lowest BCUT2D eigenvalue weighted by Crippen LogP contribution is -2.51. The number of fused-ring (bicyclic) bond motifs is 1. The largest absolute Gasteiger partial charge is 0.390 e. The average molecular weight is 266 g/mol. The zero-order valence-corrected chi connectivity index (χ0v) is 12.5. The van der Waals surface area contributed by atoms with E-state index >= 15 is 0 Å². The molecule has 110 valence electrons. The highest BCUT2D eigenvalue weighted by Gasteiger charge is 2.50. The molecule has 2 saturated carbocycles. The van der Waals surface area contributed by atoms with Crippen molar-refractivity contribution in [1.29, 1.82) is 0 Å². The number of hydrogen-bond donors (Lipinski definition) is 2. The van der Waals surface area contributed by atoms with E-state index in [-0.39, 0.29) is 5.60 Å². The lowest BCUT2D eigenvalue weighted by atomic mass is 9.65. The maximum absolute atomic E-state index is 10.8. The Morgan fingerprint density at radius 2 is 1.95 bits per heavy atom. The van der Waals surface area contributed by atoms with Crippen LogP contribution in [0.15, 0.2) is 0 Å². The summed E-state index contributed by atoms with van der Waals surface area (Å²) in [7, 11) is 0. The first-order valence-electron chi connectivity index (χ1n) is 8.17. The highest BCUT2D eigenvalue weighted by Crippen LogP contribution is 2.50. The van der Waals surface area contributed by atoms with Crippen LogP contribution in [0, 0.1) is 17.8 Å². The molecule has 19 heavy (non-hydrogen) atoms. The van der Waals surface area contributed by atoms with E-state index in [4.69, 9.17) is 5.73 Å². The molecule has 2 aliphatic heterocycles. The number of aliphatic hydroxyl groups is 1. The van der Waals surface area contributed by atoms with E-state index < -0.39 is 0 Å². The van der Waals surface area contributed by atoms with Gasteiger partial charge in [0.1, 0.15) is 0 Å². The average Bonchev–Trinajstić information content (AvgIpc) is 2.47. The van der Waals surface area contributed by atoms with Crippen LogP contribution < -0.4 is 5.73 Å². The van der Waals surface area contributed by atoms with Crippen LogP contribution in [0.3, 0.4) is 0 Å². The predicted octanol–water partition coefficient (Wildman–Crippen LogP) is 1.99. The second-order valence-corrected chi connectivity index (χ2v) is 7.91. The van der Waals surface area contributed by atoms with Crippen molar-refractivity contribution in [3.05, 3.63) is 0 Å². The third-order valence-electron chi connectivity index (χ3n) is 5.65. The molecule has 4 bridgehead atoms. The third kappa shape index (κ3) is 2.70. The van der Waals surface area contributed by atoms with Crippen molar-refractivity contribution < 1.29 is 5.11 Å². The van der Waals surface area contributed by atoms with Crippen molar-refractivity contribution in [2.45, 2.75) is 70.1 Å². The molecule has 0 aromatic rings. The topological polar surface area (TPSA) is 49.5 Å². The Hall–Kier alpha value is -0.120. The maximum atomic E-state index is 10.8. The summed E-state index contributed by atoms with van der Waals surface area (Å²) < 4.78 is 0. The molecule has 0 aromatic carbocycles. The zero-order chi connectivity index (χ0) is 13.6. The van der Waals surface area contributed by atoms with Crippen molar-refractivity contribution in [2.75, 3.05) is 13.1 Å². The SMILES string of the molecule is CC(C)CC(CN)N1CC2CC3CC1CC(O)(C3)C2. The van der Waals surface area contributed by atoms with Crippen molar-refractivity contribution in [3.8, 4) is 0 Å². The Morgan fingerprint density at radius 3 is 2.58 bits per heavy atom. The van der Waals surface area contributed by atoms with Gasteiger partial charge in [0.2, 0.25) is 0 Å². The molecule has 2 saturated heterocycles. The Morgan fingerprint density at radius 1 is 1.21 bits per heavy atom. The van der Waals surface area contributed by atoms with E-state index in [9.17, 15) is 5.11 Å². The monoisotopic (exact) mass is 266 g/mol. The van der Waals surface area contributed by atoms with Gasteiger partial charge in [-0.2, -0.15) is 0 Å². The van der Waals surface area contributed by atoms with Crippen molar-refractivity contribution in [2.24, 2.45) is 23.5 Å². The first-order valence-corrected chi connectivity index (χ1v) is 8.17. The van der Waals surface area contributed by atoms with Crippen LogP contribution in [0.2, 0.25) is 0 Å². The summed E-state index contributed by atoms with van der Waals surface area (Å²) in [6, 6.07) is 1.11. The molecule has 4 aliphatic rings. The van der Waals surface area contributed by atoms with Crippen molar-refractivity contribution in [3.63, 3.8) is 0 Å². The van der Waals surface area contributed by atoms with Crippen LogP contribution in [0.1, 0.15) is 52.4 Å². The highest BCUT2D eigenvalue weighted by molar-refractivity contribution is 5.04. The lowest BCUT2D eigenvalue weighted by Gasteiger charge is -2.46. The van der Waals surface area contributed by atoms with Gasteiger partial charge in [-0.05, 0) is 56.3 Å². The summed E-state index contributed by atoms with van der Waals surface area (Å²) in [6.45, 7) is 6.53. The van der Waals surface area contributed by atoms with Gasteiger partial charge in [0.05, 0.1) is 5.60 Å². The lowest BCUT2D eigenvalue weighted by molar-refractivity contribution is -0.0678. The zero-order valence-electron chi connectivity index (χ0n) is 12.5. The third-order valence-corrected chi connectivity index (χ3v) is 5.65. The van der Waals surface area contributed by atoms with Gasteiger partial charge in [0.15, 0.2) is 0 Å². The van der Waals surface area contributed by atoms with E-state index in [1.54, 1.807) is 0 Å². The quantitative estimate of drug-likeness (QED) is 0.818. The van der Waals surface area contributed by atoms with E-state index in [0.717, 1.165) is 31.7 Å². The van der Waals surface area contributed by atoms with Gasteiger partial charge in [0, 0.05) is 25.2 Å². The molecular weight excluding hydrogens is 236 g/mol. The van der Waals surface area contributed by atoms with Crippen LogP contribution >= 0.6 is 0 Å². The van der Waals surface area contributed by atoms with Crippen molar-refractivity contribution >= 4 is 0 Å². The Bertz CT molecular complexity index is 333. The molecule has 0 aromatic heterocycles. The molecule has 0 radical (unpaired) electrons. The van der Waals surface area contributed by atoms with Gasteiger partial charge in [-0.25, -0.2) is 0 Å². The first-order chi connectivity index (χ1) is 8.99. The highest BCUT2D eigenvalue weighted by atomic mass is 16.3. The Labute approximate surface area is 117 Å². The molecule has 0 spiro atoms. The molecule has 4 fully saturated rings. The van der Waals surface area contributed by atoms with Gasteiger partial charge in [-0.1, -0.05) is 13.8 Å².